The first kappa shape index (κ1) is 24.2. The van der Waals surface area contributed by atoms with E-state index in [0.29, 0.717) is 37.5 Å². The number of benzene rings is 4. The van der Waals surface area contributed by atoms with Crippen LogP contribution in [0.5, 0.6) is 17.2 Å². The van der Waals surface area contributed by atoms with E-state index in [2.05, 4.69) is 33.1 Å². The molecule has 0 fully saturated rings. The van der Waals surface area contributed by atoms with Gasteiger partial charge in [0.25, 0.3) is 5.91 Å². The molecular weight excluding hydrogens is 559 g/mol. The van der Waals surface area contributed by atoms with Gasteiger partial charge in [-0.15, -0.1) is 0 Å². The summed E-state index contributed by atoms with van der Waals surface area (Å²) in [6, 6.07) is 23.3. The molecule has 0 unspecified atom stereocenters. The number of nitrogens with zero attached hydrogens (tertiary/aromatic N) is 1. The number of nitrogens with one attached hydrogen (secondary N) is 1. The summed E-state index contributed by atoms with van der Waals surface area (Å²) >= 11 is 2.06. The minimum absolute atomic E-state index is 0.297. The first-order valence-corrected chi connectivity index (χ1v) is 11.6. The van der Waals surface area contributed by atoms with E-state index >= 15 is 0 Å². The molecule has 4 rings (SSSR count). The second kappa shape index (κ2) is 11.0. The number of methoxy groups -OCH3 is 2. The Kier molecular flexibility index (Phi) is 7.61. The zero-order chi connectivity index (χ0) is 24.8. The summed E-state index contributed by atoms with van der Waals surface area (Å²) in [5.41, 5.74) is 4.09. The Bertz CT molecular complexity index is 1420. The molecule has 0 aliphatic rings. The van der Waals surface area contributed by atoms with Crippen LogP contribution in [0.4, 0.5) is 0 Å². The standard InChI is InChI=1S/C27H21IN2O5/c1-33-22-11-9-19(10-12-22)27(32)35-25-23(28)13-17(14-24(25)34-2)16-29-30-26(31)21-8-7-18-5-3-4-6-20(18)15-21/h3-16H,1-2H3,(H,30,31)/b29-16-. The molecule has 1 N–H and O–H groups in total. The second-order valence-electron chi connectivity index (χ2n) is 7.41. The van der Waals surface area contributed by atoms with Gasteiger partial charge in [-0.05, 0) is 87.5 Å². The summed E-state index contributed by atoms with van der Waals surface area (Å²) < 4.78 is 16.8. The van der Waals surface area contributed by atoms with Crippen molar-refractivity contribution in [2.45, 2.75) is 0 Å². The summed E-state index contributed by atoms with van der Waals surface area (Å²) in [7, 11) is 3.04. The molecule has 0 aliphatic carbocycles. The quantitative estimate of drug-likeness (QED) is 0.103. The zero-order valence-corrected chi connectivity index (χ0v) is 21.1. The summed E-state index contributed by atoms with van der Waals surface area (Å²) in [6.07, 6.45) is 1.50. The Morgan fingerprint density at radius 3 is 2.29 bits per heavy atom. The first-order chi connectivity index (χ1) is 17.0. The highest BCUT2D eigenvalue weighted by Gasteiger charge is 2.17. The van der Waals surface area contributed by atoms with Crippen molar-refractivity contribution in [2.75, 3.05) is 14.2 Å². The van der Waals surface area contributed by atoms with Crippen LogP contribution in [0.25, 0.3) is 10.8 Å². The van der Waals surface area contributed by atoms with Gasteiger partial charge >= 0.3 is 5.97 Å². The molecule has 1 amide bonds. The number of amides is 1. The fourth-order valence-corrected chi connectivity index (χ4v) is 4.09. The van der Waals surface area contributed by atoms with Crippen LogP contribution in [0.2, 0.25) is 0 Å². The van der Waals surface area contributed by atoms with Gasteiger partial charge < -0.3 is 14.2 Å². The molecule has 0 aliphatic heterocycles. The van der Waals surface area contributed by atoms with Crippen molar-refractivity contribution in [3.8, 4) is 17.2 Å². The number of esters is 1. The lowest BCUT2D eigenvalue weighted by atomic mass is 10.1. The van der Waals surface area contributed by atoms with Crippen LogP contribution in [-0.4, -0.2) is 32.3 Å². The summed E-state index contributed by atoms with van der Waals surface area (Å²) in [4.78, 5) is 25.1. The lowest BCUT2D eigenvalue weighted by Gasteiger charge is -2.12. The molecule has 7 nitrogen and oxygen atoms in total. The van der Waals surface area contributed by atoms with Crippen molar-refractivity contribution >= 4 is 51.5 Å². The molecule has 8 heteroatoms. The van der Waals surface area contributed by atoms with E-state index in [1.807, 2.05) is 36.4 Å². The molecule has 0 aromatic heterocycles. The fraction of sp³-hybridized carbons (Fsp3) is 0.0741. The molecule has 4 aromatic rings. The number of hydrogen-bond donors (Lipinski definition) is 1. The molecule has 0 spiro atoms. The van der Waals surface area contributed by atoms with Crippen molar-refractivity contribution in [3.05, 3.63) is 99.1 Å². The number of hydrogen-bond acceptors (Lipinski definition) is 6. The Hall–Kier alpha value is -3.92. The average molecular weight is 580 g/mol. The van der Waals surface area contributed by atoms with E-state index in [9.17, 15) is 9.59 Å². The Labute approximate surface area is 215 Å². The number of rotatable bonds is 7. The van der Waals surface area contributed by atoms with Gasteiger partial charge in [-0.2, -0.15) is 5.10 Å². The number of fused-ring (bicyclic) bond motifs is 1. The zero-order valence-electron chi connectivity index (χ0n) is 18.9. The number of carbonyl (C=O) groups is 2. The maximum absolute atomic E-state index is 12.6. The molecule has 176 valence electrons. The predicted octanol–water partition coefficient (Wildman–Crippen LogP) is 5.44. The van der Waals surface area contributed by atoms with Crippen molar-refractivity contribution in [3.63, 3.8) is 0 Å². The van der Waals surface area contributed by atoms with Gasteiger partial charge in [0, 0.05) is 5.56 Å². The molecule has 4 aromatic carbocycles. The summed E-state index contributed by atoms with van der Waals surface area (Å²) in [5, 5.41) is 6.10. The van der Waals surface area contributed by atoms with Crippen molar-refractivity contribution in [1.29, 1.82) is 0 Å². The molecular formula is C27H21IN2O5. The largest absolute Gasteiger partial charge is 0.497 e. The van der Waals surface area contributed by atoms with E-state index in [-0.39, 0.29) is 5.91 Å². The first-order valence-electron chi connectivity index (χ1n) is 10.5. The van der Waals surface area contributed by atoms with Crippen LogP contribution >= 0.6 is 22.6 Å². The Balaban J connectivity index is 1.46. The molecule has 35 heavy (non-hydrogen) atoms. The lowest BCUT2D eigenvalue weighted by Crippen LogP contribution is -2.17. The Morgan fingerprint density at radius 1 is 0.857 bits per heavy atom. The molecule has 0 radical (unpaired) electrons. The third kappa shape index (κ3) is 5.78. The van der Waals surface area contributed by atoms with E-state index in [0.717, 1.165) is 10.8 Å². The predicted molar refractivity (Wildman–Crippen MR) is 143 cm³/mol. The van der Waals surface area contributed by atoms with Crippen molar-refractivity contribution in [2.24, 2.45) is 5.10 Å². The fourth-order valence-electron chi connectivity index (χ4n) is 3.35. The maximum Gasteiger partial charge on any atom is 0.343 e. The summed E-state index contributed by atoms with van der Waals surface area (Å²) in [6.45, 7) is 0. The van der Waals surface area contributed by atoms with Gasteiger partial charge in [-0.1, -0.05) is 30.3 Å². The smallest absolute Gasteiger partial charge is 0.343 e. The minimum Gasteiger partial charge on any atom is -0.497 e. The van der Waals surface area contributed by atoms with Crippen LogP contribution in [0.1, 0.15) is 26.3 Å². The van der Waals surface area contributed by atoms with Gasteiger partial charge in [0.2, 0.25) is 0 Å². The maximum atomic E-state index is 12.6. The topological polar surface area (TPSA) is 86.2 Å². The summed E-state index contributed by atoms with van der Waals surface area (Å²) in [5.74, 6) is 0.462. The van der Waals surface area contributed by atoms with Crippen LogP contribution in [0.15, 0.2) is 84.0 Å². The number of hydrazone groups is 1. The van der Waals surface area contributed by atoms with Gasteiger partial charge in [-0.3, -0.25) is 4.79 Å². The highest BCUT2D eigenvalue weighted by molar-refractivity contribution is 14.1. The van der Waals surface area contributed by atoms with E-state index in [1.165, 1.54) is 13.3 Å². The van der Waals surface area contributed by atoms with Gasteiger partial charge in [0.1, 0.15) is 5.75 Å². The van der Waals surface area contributed by atoms with E-state index in [1.54, 1.807) is 49.6 Å². The van der Waals surface area contributed by atoms with Crippen LogP contribution in [0.3, 0.4) is 0 Å². The van der Waals surface area contributed by atoms with E-state index < -0.39 is 5.97 Å². The van der Waals surface area contributed by atoms with Gasteiger partial charge in [0.15, 0.2) is 11.5 Å². The molecule has 0 saturated heterocycles. The van der Waals surface area contributed by atoms with Gasteiger partial charge in [0.05, 0.1) is 29.6 Å². The third-order valence-corrected chi connectivity index (χ3v) is 5.96. The van der Waals surface area contributed by atoms with E-state index in [4.69, 9.17) is 14.2 Å². The average Bonchev–Trinajstić information content (AvgIpc) is 2.89. The van der Waals surface area contributed by atoms with Crippen molar-refractivity contribution in [1.82, 2.24) is 5.43 Å². The normalized spacial score (nSPS) is 10.8. The highest BCUT2D eigenvalue weighted by Crippen LogP contribution is 2.34. The van der Waals surface area contributed by atoms with Crippen LogP contribution in [-0.2, 0) is 0 Å². The van der Waals surface area contributed by atoms with Crippen molar-refractivity contribution < 1.29 is 23.8 Å². The monoisotopic (exact) mass is 580 g/mol. The minimum atomic E-state index is -0.520. The van der Waals surface area contributed by atoms with Gasteiger partial charge in [-0.25, -0.2) is 10.2 Å². The molecule has 0 atom stereocenters. The SMILES string of the molecule is COc1ccc(C(=O)Oc2c(I)cc(/C=N\NC(=O)c3ccc4ccccc4c3)cc2OC)cc1. The number of carbonyl (C=O) groups excluding carboxylic acids is 2. The van der Waals surface area contributed by atoms with Crippen LogP contribution < -0.4 is 19.6 Å². The van der Waals surface area contributed by atoms with Crippen LogP contribution in [0, 0.1) is 3.57 Å². The number of ether oxygens (including phenoxy) is 3. The second-order valence-corrected chi connectivity index (χ2v) is 8.58. The molecule has 0 saturated carbocycles. The highest BCUT2D eigenvalue weighted by atomic mass is 127. The molecule has 0 bridgehead atoms. The molecule has 0 heterocycles. The Morgan fingerprint density at radius 2 is 1.57 bits per heavy atom. The third-order valence-electron chi connectivity index (χ3n) is 5.16. The number of halogens is 1. The lowest BCUT2D eigenvalue weighted by molar-refractivity contribution is 0.0728.